The highest BCUT2D eigenvalue weighted by Crippen LogP contribution is 2.30. The maximum atomic E-state index is 12.5. The molecule has 4 aromatic rings. The Labute approximate surface area is 261 Å². The van der Waals surface area contributed by atoms with Crippen molar-refractivity contribution in [1.29, 1.82) is 0 Å². The van der Waals surface area contributed by atoms with E-state index in [-0.39, 0.29) is 17.3 Å². The zero-order valence-electron chi connectivity index (χ0n) is 21.9. The molecule has 0 radical (unpaired) electrons. The summed E-state index contributed by atoms with van der Waals surface area (Å²) < 4.78 is 58.9. The molecule has 6 rings (SSSR count). The number of aromatic nitrogens is 4. The van der Waals surface area contributed by atoms with Crippen LogP contribution in [0.3, 0.4) is 0 Å². The standard InChI is InChI=1S/C14H16BrN3O4S2.C9H8BrN3O2S2/c1-14(2,3)22-13(19)17-6-9-7-18(16-10(9)8-17)24(20,21)12-5-4-11(15)23-12;10-8-1-2-9(16-8)17(14,15)13-5-6-3-11-4-7(6)12-13/h4-5,7H,6,8H2,1-3H3;1-2,5,11H,3-4H2. The van der Waals surface area contributed by atoms with Crippen LogP contribution in [-0.4, -0.2) is 51.8 Å². The topological polar surface area (TPSA) is 145 Å². The maximum Gasteiger partial charge on any atom is 0.410 e. The molecule has 220 valence electrons. The third kappa shape index (κ3) is 6.47. The molecular weight excluding hydrogens is 744 g/mol. The fourth-order valence-electron chi connectivity index (χ4n) is 3.92. The van der Waals surface area contributed by atoms with Crippen molar-refractivity contribution in [3.05, 3.63) is 66.7 Å². The summed E-state index contributed by atoms with van der Waals surface area (Å²) in [6.45, 7) is 7.23. The number of hydrogen-bond donors (Lipinski definition) is 1. The van der Waals surface area contributed by atoms with Crippen LogP contribution in [0.5, 0.6) is 0 Å². The van der Waals surface area contributed by atoms with Gasteiger partial charge in [0.2, 0.25) is 0 Å². The molecule has 0 saturated carbocycles. The lowest BCUT2D eigenvalue weighted by atomic mass is 10.2. The highest BCUT2D eigenvalue weighted by Gasteiger charge is 2.32. The molecule has 0 unspecified atom stereocenters. The lowest BCUT2D eigenvalue weighted by Crippen LogP contribution is -2.33. The lowest BCUT2D eigenvalue weighted by molar-refractivity contribution is 0.0239. The smallest absolute Gasteiger partial charge is 0.410 e. The van der Waals surface area contributed by atoms with Gasteiger partial charge in [0.05, 0.1) is 32.1 Å². The molecule has 0 atom stereocenters. The van der Waals surface area contributed by atoms with Gasteiger partial charge in [-0.25, -0.2) is 4.79 Å². The van der Waals surface area contributed by atoms with Crippen molar-refractivity contribution in [2.75, 3.05) is 0 Å². The first-order valence-corrected chi connectivity index (χ1v) is 18.1. The summed E-state index contributed by atoms with van der Waals surface area (Å²) >= 11 is 8.82. The fourth-order valence-corrected chi connectivity index (χ4v) is 10.4. The highest BCUT2D eigenvalue weighted by molar-refractivity contribution is 9.11. The van der Waals surface area contributed by atoms with Crippen LogP contribution in [0.4, 0.5) is 4.79 Å². The zero-order chi connectivity index (χ0) is 29.7. The van der Waals surface area contributed by atoms with E-state index in [9.17, 15) is 21.6 Å². The number of nitrogens with one attached hydrogen (secondary N) is 1. The van der Waals surface area contributed by atoms with Crippen LogP contribution in [0.2, 0.25) is 0 Å². The van der Waals surface area contributed by atoms with Gasteiger partial charge in [0.15, 0.2) is 0 Å². The van der Waals surface area contributed by atoms with Crippen molar-refractivity contribution in [2.24, 2.45) is 0 Å². The number of hydrogen-bond acceptors (Lipinski definition) is 11. The van der Waals surface area contributed by atoms with Crippen LogP contribution >= 0.6 is 54.5 Å². The molecule has 2 aliphatic rings. The molecule has 0 aromatic carbocycles. The number of ether oxygens (including phenoxy) is 1. The van der Waals surface area contributed by atoms with Gasteiger partial charge < -0.3 is 10.1 Å². The molecule has 0 bridgehead atoms. The van der Waals surface area contributed by atoms with E-state index >= 15 is 0 Å². The molecule has 1 amide bonds. The summed E-state index contributed by atoms with van der Waals surface area (Å²) in [5.41, 5.74) is 2.46. The molecule has 18 heteroatoms. The second-order valence-corrected chi connectivity index (χ2v) is 19.0. The molecule has 41 heavy (non-hydrogen) atoms. The lowest BCUT2D eigenvalue weighted by Gasteiger charge is -2.24. The van der Waals surface area contributed by atoms with Gasteiger partial charge in [-0.3, -0.25) is 4.90 Å². The van der Waals surface area contributed by atoms with Crippen LogP contribution < -0.4 is 5.32 Å². The number of amides is 1. The molecular formula is C23H24Br2N6O6S4. The molecule has 1 N–H and O–H groups in total. The van der Waals surface area contributed by atoms with Crippen molar-refractivity contribution in [3.8, 4) is 0 Å². The van der Waals surface area contributed by atoms with E-state index in [4.69, 9.17) is 4.74 Å². The Morgan fingerprint density at radius 2 is 1.39 bits per heavy atom. The number of rotatable bonds is 4. The molecule has 2 aliphatic heterocycles. The van der Waals surface area contributed by atoms with E-state index in [1.54, 1.807) is 45.2 Å². The fraction of sp³-hybridized carbons (Fsp3) is 0.348. The first kappa shape index (κ1) is 30.4. The average molecular weight is 769 g/mol. The highest BCUT2D eigenvalue weighted by atomic mass is 79.9. The predicted molar refractivity (Wildman–Crippen MR) is 160 cm³/mol. The summed E-state index contributed by atoms with van der Waals surface area (Å²) in [4.78, 5) is 13.6. The summed E-state index contributed by atoms with van der Waals surface area (Å²) in [6.07, 6.45) is 2.61. The van der Waals surface area contributed by atoms with E-state index in [1.165, 1.54) is 28.5 Å². The Morgan fingerprint density at radius 1 is 0.854 bits per heavy atom. The van der Waals surface area contributed by atoms with Gasteiger partial charge in [0.1, 0.15) is 14.0 Å². The van der Waals surface area contributed by atoms with E-state index in [0.29, 0.717) is 28.6 Å². The van der Waals surface area contributed by atoms with Gasteiger partial charge in [0, 0.05) is 36.6 Å². The van der Waals surface area contributed by atoms with Gasteiger partial charge >= 0.3 is 6.09 Å². The van der Waals surface area contributed by atoms with Crippen molar-refractivity contribution < 1.29 is 26.4 Å². The molecule has 0 spiro atoms. The van der Waals surface area contributed by atoms with Gasteiger partial charge in [-0.2, -0.15) is 35.2 Å². The molecule has 6 heterocycles. The Balaban J connectivity index is 0.000000174. The molecule has 0 aliphatic carbocycles. The van der Waals surface area contributed by atoms with Crippen molar-refractivity contribution >= 4 is 80.7 Å². The monoisotopic (exact) mass is 766 g/mol. The van der Waals surface area contributed by atoms with Crippen LogP contribution in [0.25, 0.3) is 0 Å². The van der Waals surface area contributed by atoms with Crippen molar-refractivity contribution in [3.63, 3.8) is 0 Å². The maximum absolute atomic E-state index is 12.5. The van der Waals surface area contributed by atoms with Crippen LogP contribution in [0.1, 0.15) is 43.3 Å². The molecule has 4 aromatic heterocycles. The van der Waals surface area contributed by atoms with Gasteiger partial charge in [-0.15, -0.1) is 22.7 Å². The van der Waals surface area contributed by atoms with Gasteiger partial charge in [-0.05, 0) is 76.9 Å². The van der Waals surface area contributed by atoms with Gasteiger partial charge in [0.25, 0.3) is 20.0 Å². The van der Waals surface area contributed by atoms with Crippen LogP contribution in [0.15, 0.2) is 52.7 Å². The molecule has 0 saturated heterocycles. The second kappa shape index (κ2) is 11.2. The number of carbonyl (C=O) groups excluding carboxylic acids is 1. The number of nitrogens with zero attached hydrogens (tertiary/aromatic N) is 5. The van der Waals surface area contributed by atoms with E-state index in [0.717, 1.165) is 38.3 Å². The van der Waals surface area contributed by atoms with E-state index in [1.807, 2.05) is 0 Å². The first-order chi connectivity index (χ1) is 19.1. The minimum Gasteiger partial charge on any atom is -0.444 e. The minimum atomic E-state index is -3.70. The quantitative estimate of drug-likeness (QED) is 0.311. The van der Waals surface area contributed by atoms with Gasteiger partial charge in [-0.1, -0.05) is 0 Å². The summed E-state index contributed by atoms with van der Waals surface area (Å²) in [5.74, 6) is 0. The summed E-state index contributed by atoms with van der Waals surface area (Å²) in [7, 11) is -7.23. The number of fused-ring (bicyclic) bond motifs is 2. The number of thiophene rings is 2. The van der Waals surface area contributed by atoms with Crippen LogP contribution in [0, 0.1) is 0 Å². The Kier molecular flexibility index (Phi) is 8.30. The summed E-state index contributed by atoms with van der Waals surface area (Å²) in [6, 6.07) is 6.51. The van der Waals surface area contributed by atoms with E-state index < -0.39 is 31.7 Å². The largest absolute Gasteiger partial charge is 0.444 e. The number of halogens is 2. The third-order valence-electron chi connectivity index (χ3n) is 5.77. The Hall–Kier alpha value is -2.09. The number of carbonyl (C=O) groups is 1. The predicted octanol–water partition coefficient (Wildman–Crippen LogP) is 4.74. The Bertz CT molecular complexity index is 1790. The first-order valence-electron chi connectivity index (χ1n) is 12.0. The minimum absolute atomic E-state index is 0.208. The zero-order valence-corrected chi connectivity index (χ0v) is 28.3. The molecule has 12 nitrogen and oxygen atoms in total. The average Bonchev–Trinajstić information content (AvgIpc) is 3.67. The molecule has 0 fully saturated rings. The van der Waals surface area contributed by atoms with Crippen molar-refractivity contribution in [1.82, 2.24) is 28.6 Å². The SMILES string of the molecule is CC(C)(C)OC(=O)N1Cc2cn(S(=O)(=O)c3ccc(Br)s3)nc2C1.O=S(=O)(c1ccc(Br)s1)n1cc2c(n1)CNC2. The Morgan fingerprint density at radius 3 is 1.85 bits per heavy atom. The van der Waals surface area contributed by atoms with E-state index in [2.05, 4.69) is 47.4 Å². The normalized spacial score (nSPS) is 14.9. The van der Waals surface area contributed by atoms with Crippen molar-refractivity contribution in [2.45, 2.75) is 61.0 Å². The third-order valence-corrected chi connectivity index (χ3v) is 13.0. The second-order valence-electron chi connectivity index (χ2n) is 10.0. The summed E-state index contributed by atoms with van der Waals surface area (Å²) in [5, 5.41) is 11.4. The van der Waals surface area contributed by atoms with Crippen LogP contribution in [-0.2, 0) is 51.0 Å².